The quantitative estimate of drug-likeness (QED) is 0.509. The molecule has 31 heavy (non-hydrogen) atoms. The van der Waals surface area contributed by atoms with Crippen molar-refractivity contribution >= 4 is 28.6 Å². The summed E-state index contributed by atoms with van der Waals surface area (Å²) in [7, 11) is 1.63. The minimum Gasteiger partial charge on any atom is -0.497 e. The number of amides is 1. The van der Waals surface area contributed by atoms with Gasteiger partial charge in [-0.05, 0) is 18.2 Å². The maximum atomic E-state index is 13.0. The van der Waals surface area contributed by atoms with Gasteiger partial charge in [-0.25, -0.2) is 15.0 Å². The number of rotatable bonds is 4. The topological polar surface area (TPSA) is 84.3 Å². The minimum atomic E-state index is -0.0798. The average molecular weight is 412 g/mol. The van der Waals surface area contributed by atoms with Crippen molar-refractivity contribution in [1.29, 1.82) is 0 Å². The number of methoxy groups -OCH3 is 1. The Morgan fingerprint density at radius 3 is 2.71 bits per heavy atom. The Bertz CT molecular complexity index is 1260. The molecule has 4 aromatic rings. The van der Waals surface area contributed by atoms with E-state index in [0.717, 1.165) is 22.2 Å². The van der Waals surface area contributed by atoms with Crippen LogP contribution in [0.1, 0.15) is 0 Å². The highest BCUT2D eigenvalue weighted by molar-refractivity contribution is 5.97. The Balaban J connectivity index is 1.41. The first kappa shape index (κ1) is 18.9. The number of para-hydroxylation sites is 1. The van der Waals surface area contributed by atoms with E-state index in [1.165, 1.54) is 0 Å². The molecule has 3 heterocycles. The Morgan fingerprint density at radius 1 is 0.968 bits per heavy atom. The first-order valence-electron chi connectivity index (χ1n) is 9.95. The van der Waals surface area contributed by atoms with Gasteiger partial charge >= 0.3 is 0 Å². The summed E-state index contributed by atoms with van der Waals surface area (Å²) in [6.45, 7) is 1.23. The lowest BCUT2D eigenvalue weighted by molar-refractivity contribution is -0.118. The summed E-state index contributed by atoms with van der Waals surface area (Å²) in [5.41, 5.74) is 2.41. The average Bonchev–Trinajstić information content (AvgIpc) is 2.83. The van der Waals surface area contributed by atoms with Crippen molar-refractivity contribution in [3.8, 4) is 17.0 Å². The molecule has 0 spiro atoms. The lowest BCUT2D eigenvalue weighted by atomic mass is 10.1. The normalized spacial score (nSPS) is 14.2. The van der Waals surface area contributed by atoms with Crippen LogP contribution in [0.4, 0.5) is 11.8 Å². The van der Waals surface area contributed by atoms with E-state index in [4.69, 9.17) is 4.74 Å². The second-order valence-corrected chi connectivity index (χ2v) is 7.16. The first-order chi connectivity index (χ1) is 15.2. The molecule has 1 amide bonds. The molecule has 0 unspecified atom stereocenters. The van der Waals surface area contributed by atoms with Gasteiger partial charge in [0.15, 0.2) is 5.82 Å². The van der Waals surface area contributed by atoms with Crippen molar-refractivity contribution in [2.75, 3.05) is 36.5 Å². The van der Waals surface area contributed by atoms with E-state index in [-0.39, 0.29) is 12.5 Å². The predicted molar refractivity (Wildman–Crippen MR) is 118 cm³/mol. The zero-order valence-corrected chi connectivity index (χ0v) is 17.0. The summed E-state index contributed by atoms with van der Waals surface area (Å²) in [4.78, 5) is 34.6. The number of anilines is 2. The number of carbonyl (C=O) groups is 1. The molecule has 0 aliphatic carbocycles. The predicted octanol–water partition coefficient (Wildman–Crippen LogP) is 2.95. The number of carbonyl (C=O) groups excluding carboxylic acids is 1. The van der Waals surface area contributed by atoms with Crippen LogP contribution in [0, 0.1) is 0 Å². The second-order valence-electron chi connectivity index (χ2n) is 7.16. The minimum absolute atomic E-state index is 0.0798. The lowest BCUT2D eigenvalue weighted by Gasteiger charge is -2.34. The second kappa shape index (κ2) is 7.98. The monoisotopic (exact) mass is 412 g/mol. The number of piperazine rings is 1. The first-order valence-corrected chi connectivity index (χ1v) is 9.95. The van der Waals surface area contributed by atoms with Crippen LogP contribution >= 0.6 is 0 Å². The molecular formula is C23H20N6O2. The van der Waals surface area contributed by atoms with Gasteiger partial charge in [0, 0.05) is 42.6 Å². The number of benzene rings is 2. The Morgan fingerprint density at radius 2 is 1.84 bits per heavy atom. The third-order valence-electron chi connectivity index (χ3n) is 5.26. The third-order valence-corrected chi connectivity index (χ3v) is 5.26. The summed E-state index contributed by atoms with van der Waals surface area (Å²) in [6, 6.07) is 15.4. The Kier molecular flexibility index (Phi) is 4.87. The molecule has 2 aromatic heterocycles. The van der Waals surface area contributed by atoms with Crippen LogP contribution in [0.3, 0.4) is 0 Å². The fourth-order valence-electron chi connectivity index (χ4n) is 3.69. The summed E-state index contributed by atoms with van der Waals surface area (Å²) in [5, 5.41) is 0.944. The van der Waals surface area contributed by atoms with E-state index in [0.29, 0.717) is 30.5 Å². The van der Waals surface area contributed by atoms with Crippen LogP contribution in [0.15, 0.2) is 67.1 Å². The van der Waals surface area contributed by atoms with Gasteiger partial charge in [-0.15, -0.1) is 0 Å². The molecule has 0 saturated carbocycles. The van der Waals surface area contributed by atoms with Crippen molar-refractivity contribution in [3.63, 3.8) is 0 Å². The molecule has 0 radical (unpaired) electrons. The molecule has 154 valence electrons. The van der Waals surface area contributed by atoms with Crippen molar-refractivity contribution in [3.05, 3.63) is 67.1 Å². The molecule has 8 nitrogen and oxygen atoms in total. The number of nitrogens with zero attached hydrogens (tertiary/aromatic N) is 6. The zero-order chi connectivity index (χ0) is 21.2. The molecule has 8 heteroatoms. The van der Waals surface area contributed by atoms with E-state index < -0.39 is 0 Å². The number of hydrogen-bond acceptors (Lipinski definition) is 7. The molecule has 5 rings (SSSR count). The van der Waals surface area contributed by atoms with Crippen LogP contribution < -0.4 is 14.5 Å². The van der Waals surface area contributed by atoms with E-state index in [1.54, 1.807) is 30.6 Å². The molecule has 1 fully saturated rings. The van der Waals surface area contributed by atoms with Crippen LogP contribution in [-0.2, 0) is 4.79 Å². The summed E-state index contributed by atoms with van der Waals surface area (Å²) < 4.78 is 5.34. The van der Waals surface area contributed by atoms with Crippen LogP contribution in [0.2, 0.25) is 0 Å². The van der Waals surface area contributed by atoms with Gasteiger partial charge in [0.2, 0.25) is 11.9 Å². The molecule has 0 bridgehead atoms. The maximum absolute atomic E-state index is 13.0. The van der Waals surface area contributed by atoms with Crippen LogP contribution in [0.25, 0.3) is 22.2 Å². The van der Waals surface area contributed by atoms with Gasteiger partial charge in [0.05, 0.1) is 19.2 Å². The van der Waals surface area contributed by atoms with Crippen LogP contribution in [0.5, 0.6) is 5.75 Å². The summed E-state index contributed by atoms with van der Waals surface area (Å²) >= 11 is 0. The molecule has 1 aliphatic heterocycles. The zero-order valence-electron chi connectivity index (χ0n) is 17.0. The Labute approximate surface area is 179 Å². The van der Waals surface area contributed by atoms with Crippen LogP contribution in [-0.4, -0.2) is 52.6 Å². The number of fused-ring (bicyclic) bond motifs is 1. The molecular weight excluding hydrogens is 392 g/mol. The largest absolute Gasteiger partial charge is 0.497 e. The fourth-order valence-corrected chi connectivity index (χ4v) is 3.69. The third kappa shape index (κ3) is 3.63. The van der Waals surface area contributed by atoms with E-state index in [9.17, 15) is 4.79 Å². The number of ether oxygens (including phenoxy) is 1. The maximum Gasteiger partial charge on any atom is 0.248 e. The highest BCUT2D eigenvalue weighted by atomic mass is 16.5. The van der Waals surface area contributed by atoms with E-state index in [2.05, 4.69) is 19.9 Å². The highest BCUT2D eigenvalue weighted by Gasteiger charge is 2.29. The van der Waals surface area contributed by atoms with Gasteiger partial charge in [0.1, 0.15) is 11.4 Å². The molecule has 1 saturated heterocycles. The molecule has 1 aliphatic rings. The highest BCUT2D eigenvalue weighted by Crippen LogP contribution is 2.30. The van der Waals surface area contributed by atoms with Crippen molar-refractivity contribution in [1.82, 2.24) is 19.9 Å². The summed E-state index contributed by atoms with van der Waals surface area (Å²) in [6.07, 6.45) is 5.04. The number of aromatic nitrogens is 4. The molecule has 0 atom stereocenters. The summed E-state index contributed by atoms with van der Waals surface area (Å²) in [5.74, 6) is 1.76. The van der Waals surface area contributed by atoms with Gasteiger partial charge in [0.25, 0.3) is 0 Å². The smallest absolute Gasteiger partial charge is 0.248 e. The lowest BCUT2D eigenvalue weighted by Crippen LogP contribution is -2.51. The fraction of sp³-hybridized carbons (Fsp3) is 0.174. The van der Waals surface area contributed by atoms with Gasteiger partial charge in [-0.3, -0.25) is 14.7 Å². The van der Waals surface area contributed by atoms with Crippen molar-refractivity contribution in [2.45, 2.75) is 0 Å². The van der Waals surface area contributed by atoms with Gasteiger partial charge in [-0.1, -0.05) is 30.3 Å². The van der Waals surface area contributed by atoms with Gasteiger partial charge < -0.3 is 9.64 Å². The standard InChI is InChI=1S/C23H20N6O2/c1-31-18-7-4-6-16(13-18)21-22(25-10-9-24-21)28-11-12-29(20(30)15-28)23-26-14-17-5-2-3-8-19(17)27-23/h2-10,13-14H,11-12,15H2,1H3. The van der Waals surface area contributed by atoms with E-state index >= 15 is 0 Å². The van der Waals surface area contributed by atoms with Gasteiger partial charge in [-0.2, -0.15) is 0 Å². The molecule has 0 N–H and O–H groups in total. The number of hydrogen-bond donors (Lipinski definition) is 0. The van der Waals surface area contributed by atoms with E-state index in [1.807, 2.05) is 53.4 Å². The Hall–Kier alpha value is -4.07. The SMILES string of the molecule is COc1cccc(-c2nccnc2N2CCN(c3ncc4ccccc4n3)C(=O)C2)c1. The molecule has 2 aromatic carbocycles. The van der Waals surface area contributed by atoms with Crippen molar-refractivity contribution in [2.24, 2.45) is 0 Å². The van der Waals surface area contributed by atoms with Crippen molar-refractivity contribution < 1.29 is 9.53 Å².